The van der Waals surface area contributed by atoms with Gasteiger partial charge in [-0.2, -0.15) is 0 Å². The Hall–Kier alpha value is -0.620. The number of urea groups is 1. The summed E-state index contributed by atoms with van der Waals surface area (Å²) in [6.07, 6.45) is 0.132. The number of nitrogens with one attached hydrogen (secondary N) is 1. The predicted molar refractivity (Wildman–Crippen MR) is 58.3 cm³/mol. The number of nitrogens with zero attached hydrogens (tertiary/aromatic N) is 1. The van der Waals surface area contributed by atoms with Crippen LogP contribution in [-0.4, -0.2) is 51.5 Å². The summed E-state index contributed by atoms with van der Waals surface area (Å²) < 4.78 is 11.0. The number of carbonyl (C=O) groups excluding carboxylic acids is 2. The molecule has 86 valence electrons. The molecular formula is C8H13ClN2O3S. The molecule has 0 saturated carbocycles. The lowest BCUT2D eigenvalue weighted by Crippen LogP contribution is -2.48. The van der Waals surface area contributed by atoms with Crippen molar-refractivity contribution in [2.24, 2.45) is 0 Å². The fraction of sp³-hybridized carbons (Fsp3) is 0.750. The highest BCUT2D eigenvalue weighted by Gasteiger charge is 2.20. The Kier molecular flexibility index (Phi) is 5.04. The number of carbonyl (C=O) groups is 2. The van der Waals surface area contributed by atoms with E-state index in [2.05, 4.69) is 5.32 Å². The molecule has 1 fully saturated rings. The van der Waals surface area contributed by atoms with Gasteiger partial charge < -0.3 is 4.90 Å². The molecule has 0 aromatic rings. The topological polar surface area (TPSA) is 66.5 Å². The van der Waals surface area contributed by atoms with Crippen molar-refractivity contribution in [3.8, 4) is 0 Å². The van der Waals surface area contributed by atoms with Crippen LogP contribution in [0.25, 0.3) is 0 Å². The summed E-state index contributed by atoms with van der Waals surface area (Å²) >= 11 is 5.36. The molecule has 0 unspecified atom stereocenters. The van der Waals surface area contributed by atoms with Gasteiger partial charge in [-0.25, -0.2) is 4.79 Å². The van der Waals surface area contributed by atoms with Crippen LogP contribution in [0.5, 0.6) is 0 Å². The van der Waals surface area contributed by atoms with Crippen LogP contribution in [-0.2, 0) is 15.6 Å². The molecule has 5 nitrogen and oxygen atoms in total. The molecule has 0 aromatic carbocycles. The van der Waals surface area contributed by atoms with Crippen LogP contribution in [0.3, 0.4) is 0 Å². The van der Waals surface area contributed by atoms with Crippen LogP contribution in [0.15, 0.2) is 0 Å². The summed E-state index contributed by atoms with van der Waals surface area (Å²) in [5.74, 6) is 0.791. The Morgan fingerprint density at radius 2 is 1.93 bits per heavy atom. The Morgan fingerprint density at radius 3 is 2.47 bits per heavy atom. The maximum absolute atomic E-state index is 11.4. The van der Waals surface area contributed by atoms with Gasteiger partial charge in [0, 0.05) is 47.7 Å². The molecule has 0 bridgehead atoms. The number of hydrogen-bond donors (Lipinski definition) is 1. The van der Waals surface area contributed by atoms with Crippen molar-refractivity contribution in [3.63, 3.8) is 0 Å². The van der Waals surface area contributed by atoms with Crippen LogP contribution in [0.1, 0.15) is 6.42 Å². The summed E-state index contributed by atoms with van der Waals surface area (Å²) in [4.78, 5) is 24.0. The molecule has 0 radical (unpaired) electrons. The third-order valence-electron chi connectivity index (χ3n) is 2.03. The number of amides is 3. The molecule has 0 atom stereocenters. The SMILES string of the molecule is O=C(CCCl)NC(=O)N1CCS(=O)CC1. The van der Waals surface area contributed by atoms with Crippen molar-refractivity contribution in [2.45, 2.75) is 6.42 Å². The van der Waals surface area contributed by atoms with Gasteiger partial charge in [0.05, 0.1) is 0 Å². The number of halogens is 1. The molecule has 1 rings (SSSR count). The van der Waals surface area contributed by atoms with E-state index in [0.29, 0.717) is 24.6 Å². The zero-order valence-corrected chi connectivity index (χ0v) is 9.77. The van der Waals surface area contributed by atoms with Gasteiger partial charge in [0.15, 0.2) is 0 Å². The molecule has 15 heavy (non-hydrogen) atoms. The first-order valence-corrected chi connectivity index (χ1v) is 6.65. The minimum absolute atomic E-state index is 0.132. The third kappa shape index (κ3) is 4.17. The van der Waals surface area contributed by atoms with E-state index in [-0.39, 0.29) is 18.2 Å². The summed E-state index contributed by atoms with van der Waals surface area (Å²) in [6.45, 7) is 0.874. The number of imide groups is 1. The molecule has 0 spiro atoms. The van der Waals surface area contributed by atoms with Gasteiger partial charge in [0.2, 0.25) is 5.91 Å². The maximum Gasteiger partial charge on any atom is 0.324 e. The zero-order chi connectivity index (χ0) is 11.3. The van der Waals surface area contributed by atoms with Crippen molar-refractivity contribution in [1.29, 1.82) is 0 Å². The molecule has 3 amide bonds. The summed E-state index contributed by atoms with van der Waals surface area (Å²) in [5.41, 5.74) is 0. The van der Waals surface area contributed by atoms with Crippen molar-refractivity contribution in [1.82, 2.24) is 10.2 Å². The van der Waals surface area contributed by atoms with Crippen LogP contribution < -0.4 is 5.32 Å². The van der Waals surface area contributed by atoms with Gasteiger partial charge in [-0.05, 0) is 0 Å². The van der Waals surface area contributed by atoms with Crippen molar-refractivity contribution < 1.29 is 13.8 Å². The second-order valence-electron chi connectivity index (χ2n) is 3.13. The normalized spacial score (nSPS) is 17.5. The largest absolute Gasteiger partial charge is 0.324 e. The summed E-state index contributed by atoms with van der Waals surface area (Å²) in [7, 11) is -0.821. The van der Waals surface area contributed by atoms with E-state index < -0.39 is 16.8 Å². The number of hydrogen-bond acceptors (Lipinski definition) is 3. The van der Waals surface area contributed by atoms with Crippen LogP contribution >= 0.6 is 11.6 Å². The van der Waals surface area contributed by atoms with Crippen molar-refractivity contribution >= 4 is 34.3 Å². The molecule has 1 heterocycles. The van der Waals surface area contributed by atoms with E-state index in [4.69, 9.17) is 11.6 Å². The van der Waals surface area contributed by atoms with E-state index >= 15 is 0 Å². The third-order valence-corrected chi connectivity index (χ3v) is 3.50. The summed E-state index contributed by atoms with van der Waals surface area (Å²) in [5, 5.41) is 2.23. The van der Waals surface area contributed by atoms with Crippen LogP contribution in [0, 0.1) is 0 Å². The molecule has 0 aliphatic carbocycles. The van der Waals surface area contributed by atoms with E-state index in [1.165, 1.54) is 4.90 Å². The quantitative estimate of drug-likeness (QED) is 0.699. The Morgan fingerprint density at radius 1 is 1.33 bits per heavy atom. The van der Waals surface area contributed by atoms with Gasteiger partial charge in [0.25, 0.3) is 0 Å². The zero-order valence-electron chi connectivity index (χ0n) is 8.20. The van der Waals surface area contributed by atoms with E-state index in [1.807, 2.05) is 0 Å². The van der Waals surface area contributed by atoms with Crippen molar-refractivity contribution in [2.75, 3.05) is 30.5 Å². The first kappa shape index (κ1) is 12.4. The molecular weight excluding hydrogens is 240 g/mol. The molecule has 1 aliphatic heterocycles. The predicted octanol–water partition coefficient (Wildman–Crippen LogP) is -0.0842. The fourth-order valence-corrected chi connectivity index (χ4v) is 2.41. The van der Waals surface area contributed by atoms with Crippen LogP contribution in [0.4, 0.5) is 4.79 Å². The highest BCUT2D eigenvalue weighted by molar-refractivity contribution is 7.85. The smallest absolute Gasteiger partial charge is 0.323 e. The van der Waals surface area contributed by atoms with E-state index in [1.54, 1.807) is 0 Å². The second kappa shape index (κ2) is 6.07. The lowest BCUT2D eigenvalue weighted by Gasteiger charge is -2.25. The number of rotatable bonds is 2. The lowest BCUT2D eigenvalue weighted by molar-refractivity contribution is -0.119. The molecule has 1 N–H and O–H groups in total. The van der Waals surface area contributed by atoms with Gasteiger partial charge in [0.1, 0.15) is 0 Å². The van der Waals surface area contributed by atoms with Crippen LogP contribution in [0.2, 0.25) is 0 Å². The molecule has 1 saturated heterocycles. The average Bonchev–Trinajstić information content (AvgIpc) is 2.18. The Bertz CT molecular complexity index is 275. The first-order valence-electron chi connectivity index (χ1n) is 4.63. The number of alkyl halides is 1. The lowest BCUT2D eigenvalue weighted by atomic mass is 10.4. The molecule has 1 aliphatic rings. The highest BCUT2D eigenvalue weighted by atomic mass is 35.5. The van der Waals surface area contributed by atoms with Crippen molar-refractivity contribution in [3.05, 3.63) is 0 Å². The van der Waals surface area contributed by atoms with Gasteiger partial charge >= 0.3 is 6.03 Å². The Balaban J connectivity index is 2.34. The molecule has 7 heteroatoms. The minimum atomic E-state index is -0.821. The van der Waals surface area contributed by atoms with E-state index in [9.17, 15) is 13.8 Å². The van der Waals surface area contributed by atoms with E-state index in [0.717, 1.165) is 0 Å². The molecule has 0 aromatic heterocycles. The first-order chi connectivity index (χ1) is 7.13. The second-order valence-corrected chi connectivity index (χ2v) is 5.20. The highest BCUT2D eigenvalue weighted by Crippen LogP contribution is 2.00. The monoisotopic (exact) mass is 252 g/mol. The summed E-state index contributed by atoms with van der Waals surface area (Å²) in [6, 6.07) is -0.415. The fourth-order valence-electron chi connectivity index (χ4n) is 1.19. The minimum Gasteiger partial charge on any atom is -0.323 e. The average molecular weight is 253 g/mol. The van der Waals surface area contributed by atoms with Gasteiger partial charge in [-0.15, -0.1) is 11.6 Å². The Labute approximate surface area is 95.6 Å². The van der Waals surface area contributed by atoms with Gasteiger partial charge in [-0.1, -0.05) is 0 Å². The maximum atomic E-state index is 11.4. The van der Waals surface area contributed by atoms with Gasteiger partial charge in [-0.3, -0.25) is 14.3 Å². The standard InChI is InChI=1S/C8H13ClN2O3S/c9-2-1-7(12)10-8(13)11-3-5-15(14)6-4-11/h1-6H2,(H,10,12,13).